The molecule has 3 aromatic rings. The van der Waals surface area contributed by atoms with Crippen LogP contribution in [0.1, 0.15) is 77.6 Å². The molecule has 0 radical (unpaired) electrons. The fourth-order valence-electron chi connectivity index (χ4n) is 5.39. The molecule has 0 spiro atoms. The molecule has 2 aliphatic carbocycles. The van der Waals surface area contributed by atoms with Gasteiger partial charge in [-0.25, -0.2) is 18.4 Å². The molecule has 0 saturated heterocycles. The third kappa shape index (κ3) is 5.40. The summed E-state index contributed by atoms with van der Waals surface area (Å²) in [6, 6.07) is 8.97. The number of imidazole rings is 1. The number of ether oxygens (including phenoxy) is 1. The van der Waals surface area contributed by atoms with Crippen LogP contribution in [0.2, 0.25) is 0 Å². The van der Waals surface area contributed by atoms with E-state index in [2.05, 4.69) is 36.9 Å². The fourth-order valence-corrected chi connectivity index (χ4v) is 5.94. The van der Waals surface area contributed by atoms with Gasteiger partial charge in [-0.05, 0) is 73.4 Å². The molecule has 11 nitrogen and oxygen atoms in total. The normalized spacial score (nSPS) is 19.3. The molecular formula is C29H35N7O4S. The highest BCUT2D eigenvalue weighted by atomic mass is 32.2. The lowest BCUT2D eigenvalue weighted by atomic mass is 9.96. The van der Waals surface area contributed by atoms with E-state index in [9.17, 15) is 13.2 Å². The Bertz CT molecular complexity index is 1670. The van der Waals surface area contributed by atoms with Gasteiger partial charge in [-0.2, -0.15) is 5.11 Å². The number of nitrogens with one attached hydrogen (secondary N) is 2. The number of nitrogens with zero attached hydrogens (tertiary/aromatic N) is 5. The van der Waals surface area contributed by atoms with Crippen LogP contribution in [0.15, 0.2) is 46.9 Å². The monoisotopic (exact) mass is 577 g/mol. The number of benzene rings is 2. The van der Waals surface area contributed by atoms with Crippen LogP contribution in [0.4, 0.5) is 17.1 Å². The Morgan fingerprint density at radius 1 is 1.15 bits per heavy atom. The van der Waals surface area contributed by atoms with Gasteiger partial charge in [0.25, 0.3) is 5.91 Å². The van der Waals surface area contributed by atoms with E-state index in [4.69, 9.17) is 4.74 Å². The lowest BCUT2D eigenvalue weighted by molar-refractivity contribution is 0.102. The van der Waals surface area contributed by atoms with Crippen LogP contribution >= 0.6 is 0 Å². The third-order valence-electron chi connectivity index (χ3n) is 8.27. The summed E-state index contributed by atoms with van der Waals surface area (Å²) in [6.07, 6.45) is 7.32. The third-order valence-corrected chi connectivity index (χ3v) is 8.86. The van der Waals surface area contributed by atoms with Crippen molar-refractivity contribution < 1.29 is 17.9 Å². The molecule has 6 rings (SSSR count). The van der Waals surface area contributed by atoms with Gasteiger partial charge in [-0.1, -0.05) is 18.2 Å². The number of sulfonamides is 1. The second-order valence-corrected chi connectivity index (χ2v) is 13.4. The first kappa shape index (κ1) is 27.3. The number of carbonyl (C=O) groups excluding carboxylic acids is 1. The average Bonchev–Trinajstić information content (AvgIpc) is 3.81. The molecule has 216 valence electrons. The standard InChI is InChI=1S/C29H35N7O4S/c1-17-6-7-19(12-24(17)36-16-23(32-34-36)25-15-30-27(35(25)3)18-8-9-18)28(37)31-21-13-20(29(2)10-11-29)14-22(26(21)40-4)33-41(5,38)39/h6-7,12-15,18,23,33H,8-11,16H2,1-5H3,(H,31,37). The lowest BCUT2D eigenvalue weighted by Gasteiger charge is -2.20. The highest BCUT2D eigenvalue weighted by Crippen LogP contribution is 2.51. The molecule has 1 atom stereocenters. The Morgan fingerprint density at radius 2 is 1.88 bits per heavy atom. The summed E-state index contributed by atoms with van der Waals surface area (Å²) in [5, 5.41) is 13.7. The summed E-state index contributed by atoms with van der Waals surface area (Å²) in [7, 11) is -0.0834. The molecule has 2 heterocycles. The van der Waals surface area contributed by atoms with Gasteiger partial charge in [0.2, 0.25) is 10.0 Å². The van der Waals surface area contributed by atoms with E-state index in [0.29, 0.717) is 29.4 Å². The van der Waals surface area contributed by atoms with Crippen molar-refractivity contribution in [2.24, 2.45) is 17.4 Å². The van der Waals surface area contributed by atoms with Gasteiger partial charge in [-0.15, -0.1) is 0 Å². The summed E-state index contributed by atoms with van der Waals surface area (Å²) < 4.78 is 34.4. The van der Waals surface area contributed by atoms with E-state index < -0.39 is 10.0 Å². The number of hydrogen-bond donors (Lipinski definition) is 2. The summed E-state index contributed by atoms with van der Waals surface area (Å²) in [5.74, 6) is 1.56. The molecule has 1 aromatic heterocycles. The van der Waals surface area contributed by atoms with E-state index >= 15 is 0 Å². The van der Waals surface area contributed by atoms with Gasteiger partial charge in [-0.3, -0.25) is 9.52 Å². The van der Waals surface area contributed by atoms with Gasteiger partial charge in [0.1, 0.15) is 11.9 Å². The zero-order valence-corrected chi connectivity index (χ0v) is 24.7. The Labute approximate surface area is 240 Å². The lowest BCUT2D eigenvalue weighted by Crippen LogP contribution is -2.20. The number of aryl methyl sites for hydroxylation is 1. The molecule has 2 aromatic carbocycles. The first-order valence-electron chi connectivity index (χ1n) is 13.8. The number of methoxy groups -OCH3 is 1. The molecule has 1 aliphatic heterocycles. The topological polar surface area (TPSA) is 130 Å². The predicted molar refractivity (Wildman–Crippen MR) is 157 cm³/mol. The number of anilines is 3. The first-order chi connectivity index (χ1) is 19.5. The fraction of sp³-hybridized carbons (Fsp3) is 0.448. The molecule has 2 fully saturated rings. The van der Waals surface area contributed by atoms with Gasteiger partial charge >= 0.3 is 0 Å². The molecule has 1 amide bonds. The minimum Gasteiger partial charge on any atom is -0.492 e. The highest BCUT2D eigenvalue weighted by molar-refractivity contribution is 7.92. The second-order valence-electron chi connectivity index (χ2n) is 11.7. The van der Waals surface area contributed by atoms with Crippen LogP contribution in [0, 0.1) is 6.92 Å². The minimum atomic E-state index is -3.57. The molecular weight excluding hydrogens is 542 g/mol. The zero-order chi connectivity index (χ0) is 29.1. The van der Waals surface area contributed by atoms with Crippen molar-refractivity contribution in [1.29, 1.82) is 0 Å². The van der Waals surface area contributed by atoms with E-state index in [1.54, 1.807) is 18.2 Å². The molecule has 0 bridgehead atoms. The van der Waals surface area contributed by atoms with Crippen LogP contribution in [0.25, 0.3) is 0 Å². The first-order valence-corrected chi connectivity index (χ1v) is 15.7. The Kier molecular flexibility index (Phi) is 6.55. The predicted octanol–water partition coefficient (Wildman–Crippen LogP) is 5.22. The quantitative estimate of drug-likeness (QED) is 0.359. The van der Waals surface area contributed by atoms with E-state index in [0.717, 1.165) is 47.4 Å². The SMILES string of the molecule is COc1c(NC(=O)c2ccc(C)c(N3CC(c4cnc(C5CC5)n4C)N=N3)c2)cc(C2(C)CC2)cc1NS(C)(=O)=O. The highest BCUT2D eigenvalue weighted by Gasteiger charge is 2.40. The van der Waals surface area contributed by atoms with Crippen LogP contribution in [-0.2, 0) is 22.5 Å². The molecule has 1 unspecified atom stereocenters. The largest absolute Gasteiger partial charge is 0.492 e. The number of hydrogen-bond acceptors (Lipinski definition) is 8. The van der Waals surface area contributed by atoms with Gasteiger partial charge in [0.15, 0.2) is 5.75 Å². The zero-order valence-electron chi connectivity index (χ0n) is 23.9. The Hall–Kier alpha value is -3.93. The van der Waals surface area contributed by atoms with E-state index in [1.807, 2.05) is 37.3 Å². The van der Waals surface area contributed by atoms with Crippen molar-refractivity contribution in [2.75, 3.05) is 35.0 Å². The number of amides is 1. The summed E-state index contributed by atoms with van der Waals surface area (Å²) >= 11 is 0. The van der Waals surface area contributed by atoms with Crippen molar-refractivity contribution in [3.05, 3.63) is 64.7 Å². The number of carbonyl (C=O) groups is 1. The molecule has 2 saturated carbocycles. The van der Waals surface area contributed by atoms with E-state index in [1.165, 1.54) is 20.0 Å². The van der Waals surface area contributed by atoms with Crippen molar-refractivity contribution in [2.45, 2.75) is 56.9 Å². The molecule has 12 heteroatoms. The van der Waals surface area contributed by atoms with Gasteiger partial charge < -0.3 is 14.6 Å². The number of aromatic nitrogens is 2. The smallest absolute Gasteiger partial charge is 0.255 e. The average molecular weight is 578 g/mol. The maximum atomic E-state index is 13.5. The second kappa shape index (κ2) is 9.86. The van der Waals surface area contributed by atoms with Crippen molar-refractivity contribution in [3.8, 4) is 5.75 Å². The van der Waals surface area contributed by atoms with Crippen molar-refractivity contribution in [1.82, 2.24) is 9.55 Å². The van der Waals surface area contributed by atoms with Crippen LogP contribution < -0.4 is 19.8 Å². The maximum Gasteiger partial charge on any atom is 0.255 e. The van der Waals surface area contributed by atoms with Crippen molar-refractivity contribution in [3.63, 3.8) is 0 Å². The Morgan fingerprint density at radius 3 is 2.54 bits per heavy atom. The van der Waals surface area contributed by atoms with Crippen LogP contribution in [-0.4, -0.2) is 43.8 Å². The maximum absolute atomic E-state index is 13.5. The summed E-state index contributed by atoms with van der Waals surface area (Å²) in [6.45, 7) is 4.64. The van der Waals surface area contributed by atoms with E-state index in [-0.39, 0.29) is 23.1 Å². The van der Waals surface area contributed by atoms with Crippen LogP contribution in [0.5, 0.6) is 5.75 Å². The molecule has 2 N–H and O–H groups in total. The van der Waals surface area contributed by atoms with Gasteiger partial charge in [0.05, 0.1) is 48.9 Å². The Balaban J connectivity index is 1.25. The van der Waals surface area contributed by atoms with Gasteiger partial charge in [0, 0.05) is 18.5 Å². The molecule has 41 heavy (non-hydrogen) atoms. The van der Waals surface area contributed by atoms with Crippen LogP contribution in [0.3, 0.4) is 0 Å². The molecule has 3 aliphatic rings. The number of rotatable bonds is 9. The summed E-state index contributed by atoms with van der Waals surface area (Å²) in [5.41, 5.74) is 4.78. The van der Waals surface area contributed by atoms with Crippen molar-refractivity contribution >= 4 is 33.0 Å². The minimum absolute atomic E-state index is 0.0682. The summed E-state index contributed by atoms with van der Waals surface area (Å²) in [4.78, 5) is 18.2.